The van der Waals surface area contributed by atoms with Crippen LogP contribution in [0.2, 0.25) is 0 Å². The zero-order valence-corrected chi connectivity index (χ0v) is 10.2. The van der Waals surface area contributed by atoms with E-state index < -0.39 is 23.9 Å². The van der Waals surface area contributed by atoms with E-state index in [0.717, 1.165) is 0 Å². The van der Waals surface area contributed by atoms with Crippen LogP contribution in [0.25, 0.3) is 0 Å². The lowest BCUT2D eigenvalue weighted by atomic mass is 10.1. The fourth-order valence-corrected chi connectivity index (χ4v) is 1.62. The molecule has 20 heavy (non-hydrogen) atoms. The Labute approximate surface area is 113 Å². The molecule has 0 fully saturated rings. The highest BCUT2D eigenvalue weighted by atomic mass is 16.6. The Morgan fingerprint density at radius 1 is 1.40 bits per heavy atom. The van der Waals surface area contributed by atoms with Crippen molar-refractivity contribution in [3.05, 3.63) is 29.8 Å². The third-order valence-electron chi connectivity index (χ3n) is 2.62. The topological polar surface area (TPSA) is 131 Å². The minimum Gasteiger partial charge on any atom is -0.477 e. The number of oxime groups is 1. The number of aliphatic carboxylic acids is 1. The molecule has 0 saturated carbocycles. The molecule has 1 aliphatic rings. The molecular formula is C12H11N3O5. The number of nitrogens with one attached hydrogen (secondary N) is 1. The monoisotopic (exact) mass is 277 g/mol. The van der Waals surface area contributed by atoms with Crippen molar-refractivity contribution in [3.8, 4) is 0 Å². The minimum atomic E-state index is -1.23. The van der Waals surface area contributed by atoms with Gasteiger partial charge in [-0.15, -0.1) is 0 Å². The van der Waals surface area contributed by atoms with E-state index in [4.69, 9.17) is 15.7 Å². The molecule has 0 aromatic heterocycles. The second kappa shape index (κ2) is 5.39. The van der Waals surface area contributed by atoms with E-state index in [1.54, 1.807) is 12.1 Å². The summed E-state index contributed by atoms with van der Waals surface area (Å²) in [5.74, 6) is -2.39. The molecule has 104 valence electrons. The predicted molar refractivity (Wildman–Crippen MR) is 68.2 cm³/mol. The lowest BCUT2D eigenvalue weighted by molar-refractivity contribution is -0.129. The summed E-state index contributed by atoms with van der Waals surface area (Å²) in [7, 11) is 0. The van der Waals surface area contributed by atoms with Crippen molar-refractivity contribution in [1.82, 2.24) is 0 Å². The summed E-state index contributed by atoms with van der Waals surface area (Å²) in [6, 6.07) is 6.05. The number of hydrogen-bond acceptors (Lipinski definition) is 5. The first-order valence-corrected chi connectivity index (χ1v) is 5.64. The lowest BCUT2D eigenvalue weighted by Gasteiger charge is -2.09. The molecule has 0 spiro atoms. The van der Waals surface area contributed by atoms with Gasteiger partial charge in [0.2, 0.25) is 12.0 Å². The van der Waals surface area contributed by atoms with Gasteiger partial charge < -0.3 is 21.0 Å². The van der Waals surface area contributed by atoms with E-state index in [-0.39, 0.29) is 17.7 Å². The van der Waals surface area contributed by atoms with Crippen molar-refractivity contribution < 1.29 is 24.3 Å². The molecule has 2 amide bonds. The molecule has 1 aliphatic heterocycles. The van der Waals surface area contributed by atoms with E-state index >= 15 is 0 Å². The van der Waals surface area contributed by atoms with Gasteiger partial charge in [0, 0.05) is 17.7 Å². The molecule has 8 nitrogen and oxygen atoms in total. The number of carbonyl (C=O) groups excluding carboxylic acids is 2. The van der Waals surface area contributed by atoms with Crippen LogP contribution in [0.4, 0.5) is 5.69 Å². The fourth-order valence-electron chi connectivity index (χ4n) is 1.62. The highest BCUT2D eigenvalue weighted by Gasteiger charge is 2.31. The minimum absolute atomic E-state index is 0.114. The predicted octanol–water partition coefficient (Wildman–Crippen LogP) is -0.0465. The van der Waals surface area contributed by atoms with Crippen LogP contribution in [0.5, 0.6) is 0 Å². The Balaban J connectivity index is 2.01. The molecular weight excluding hydrogens is 266 g/mol. The maximum Gasteiger partial charge on any atom is 0.353 e. The van der Waals surface area contributed by atoms with E-state index in [1.807, 2.05) is 0 Å². The largest absolute Gasteiger partial charge is 0.477 e. The van der Waals surface area contributed by atoms with Crippen LogP contribution in [0.15, 0.2) is 29.4 Å². The third-order valence-corrected chi connectivity index (χ3v) is 2.62. The van der Waals surface area contributed by atoms with E-state index in [1.165, 1.54) is 12.1 Å². The van der Waals surface area contributed by atoms with E-state index in [2.05, 4.69) is 10.5 Å². The standard InChI is InChI=1S/C12H11N3O5/c13-10(16)6-2-1-3-7(4-6)14-11(17)9-5-8(12(18)19)15-20-9/h1-4,9H,5H2,(H2,13,16)(H,14,17)(H,18,19). The summed E-state index contributed by atoms with van der Waals surface area (Å²) in [5.41, 5.74) is 5.52. The first-order chi connectivity index (χ1) is 9.47. The molecule has 4 N–H and O–H groups in total. The maximum absolute atomic E-state index is 11.8. The molecule has 0 bridgehead atoms. The Hall–Kier alpha value is -2.90. The van der Waals surface area contributed by atoms with Gasteiger partial charge in [-0.3, -0.25) is 9.59 Å². The number of nitrogens with two attached hydrogens (primary N) is 1. The first-order valence-electron chi connectivity index (χ1n) is 5.64. The van der Waals surface area contributed by atoms with Gasteiger partial charge in [0.25, 0.3) is 5.91 Å². The summed E-state index contributed by atoms with van der Waals surface area (Å²) >= 11 is 0. The van der Waals surface area contributed by atoms with Crippen molar-refractivity contribution in [1.29, 1.82) is 0 Å². The Morgan fingerprint density at radius 3 is 2.75 bits per heavy atom. The number of carboxylic acid groups (broad SMARTS) is 1. The summed E-state index contributed by atoms with van der Waals surface area (Å²) in [4.78, 5) is 38.3. The molecule has 1 aromatic rings. The van der Waals surface area contributed by atoms with Crippen LogP contribution in [0.3, 0.4) is 0 Å². The number of carbonyl (C=O) groups is 3. The number of primary amides is 1. The Kier molecular flexibility index (Phi) is 3.65. The molecule has 0 radical (unpaired) electrons. The average molecular weight is 277 g/mol. The Bertz CT molecular complexity index is 611. The average Bonchev–Trinajstić information content (AvgIpc) is 2.88. The smallest absolute Gasteiger partial charge is 0.353 e. The molecule has 1 heterocycles. The number of hydrogen-bond donors (Lipinski definition) is 3. The normalized spacial score (nSPS) is 17.0. The molecule has 1 unspecified atom stereocenters. The first kappa shape index (κ1) is 13.5. The zero-order chi connectivity index (χ0) is 14.7. The van der Waals surface area contributed by atoms with Gasteiger partial charge in [0.1, 0.15) is 0 Å². The van der Waals surface area contributed by atoms with Crippen molar-refractivity contribution in [2.45, 2.75) is 12.5 Å². The Morgan fingerprint density at radius 2 is 2.15 bits per heavy atom. The SMILES string of the molecule is NC(=O)c1cccc(NC(=O)C2CC(C(=O)O)=NO2)c1. The molecule has 1 aromatic carbocycles. The highest BCUT2D eigenvalue weighted by molar-refractivity contribution is 6.36. The van der Waals surface area contributed by atoms with Crippen LogP contribution in [0, 0.1) is 0 Å². The second-order valence-electron chi connectivity index (χ2n) is 4.08. The zero-order valence-electron chi connectivity index (χ0n) is 10.2. The summed E-state index contributed by atoms with van der Waals surface area (Å²) in [6.45, 7) is 0. The number of nitrogens with zero attached hydrogens (tertiary/aromatic N) is 1. The number of rotatable bonds is 4. The van der Waals surface area contributed by atoms with Crippen molar-refractivity contribution >= 4 is 29.2 Å². The van der Waals surface area contributed by atoms with Crippen molar-refractivity contribution in [3.63, 3.8) is 0 Å². The number of amides is 2. The van der Waals surface area contributed by atoms with Crippen molar-refractivity contribution in [2.24, 2.45) is 10.9 Å². The van der Waals surface area contributed by atoms with Gasteiger partial charge in [-0.1, -0.05) is 11.2 Å². The van der Waals surface area contributed by atoms with Gasteiger partial charge in [-0.25, -0.2) is 4.79 Å². The van der Waals surface area contributed by atoms with Crippen LogP contribution in [-0.2, 0) is 14.4 Å². The van der Waals surface area contributed by atoms with E-state index in [0.29, 0.717) is 5.69 Å². The van der Waals surface area contributed by atoms with Gasteiger partial charge in [-0.05, 0) is 18.2 Å². The molecule has 0 aliphatic carbocycles. The number of anilines is 1. The van der Waals surface area contributed by atoms with Crippen LogP contribution < -0.4 is 11.1 Å². The number of carboxylic acids is 1. The molecule has 0 saturated heterocycles. The lowest BCUT2D eigenvalue weighted by Crippen LogP contribution is -2.29. The molecule has 2 rings (SSSR count). The van der Waals surface area contributed by atoms with Crippen LogP contribution in [0.1, 0.15) is 16.8 Å². The van der Waals surface area contributed by atoms with Gasteiger partial charge in [-0.2, -0.15) is 0 Å². The van der Waals surface area contributed by atoms with Gasteiger partial charge in [0.05, 0.1) is 0 Å². The van der Waals surface area contributed by atoms with Crippen LogP contribution >= 0.6 is 0 Å². The highest BCUT2D eigenvalue weighted by Crippen LogP contribution is 2.15. The van der Waals surface area contributed by atoms with Crippen molar-refractivity contribution in [2.75, 3.05) is 5.32 Å². The molecule has 1 atom stereocenters. The second-order valence-corrected chi connectivity index (χ2v) is 4.08. The third kappa shape index (κ3) is 2.91. The molecule has 8 heteroatoms. The van der Waals surface area contributed by atoms with E-state index in [9.17, 15) is 14.4 Å². The van der Waals surface area contributed by atoms with Gasteiger partial charge in [0.15, 0.2) is 5.71 Å². The summed E-state index contributed by atoms with van der Waals surface area (Å²) in [5, 5.41) is 14.5. The van der Waals surface area contributed by atoms with Crippen LogP contribution in [-0.4, -0.2) is 34.7 Å². The van der Waals surface area contributed by atoms with Gasteiger partial charge >= 0.3 is 5.97 Å². The number of benzene rings is 1. The summed E-state index contributed by atoms with van der Waals surface area (Å²) < 4.78 is 0. The maximum atomic E-state index is 11.8. The fraction of sp³-hybridized carbons (Fsp3) is 0.167. The quantitative estimate of drug-likeness (QED) is 0.710. The summed E-state index contributed by atoms with van der Waals surface area (Å²) in [6.07, 6.45) is -1.12.